The number of anilines is 1. The molecular weight excluding hydrogens is 216 g/mol. The number of nitrogens with one attached hydrogen (secondary N) is 1. The Morgan fingerprint density at radius 2 is 1.50 bits per heavy atom. The van der Waals surface area contributed by atoms with Gasteiger partial charge in [0.25, 0.3) is 0 Å². The topological polar surface area (TPSA) is 50.7 Å². The molecule has 0 atom stereocenters. The van der Waals surface area contributed by atoms with Gasteiger partial charge in [-0.2, -0.15) is 15.0 Å². The summed E-state index contributed by atoms with van der Waals surface area (Å²) in [4.78, 5) is 12.8. The summed E-state index contributed by atoms with van der Waals surface area (Å²) in [5.41, 5.74) is 0. The Labute approximate surface area is 92.7 Å². The van der Waals surface area contributed by atoms with Crippen molar-refractivity contribution in [2.24, 2.45) is 0 Å². The summed E-state index contributed by atoms with van der Waals surface area (Å²) < 4.78 is 0. The van der Waals surface area contributed by atoms with Gasteiger partial charge in [-0.05, 0) is 26.4 Å². The quantitative estimate of drug-likeness (QED) is 0.800. The van der Waals surface area contributed by atoms with Crippen LogP contribution in [0.5, 0.6) is 0 Å². The molecule has 4 nitrogen and oxygen atoms in total. The Bertz CT molecular complexity index is 281. The fourth-order valence-electron chi connectivity index (χ4n) is 0.843. The third-order valence-electron chi connectivity index (χ3n) is 1.38. The number of thioether (sulfide) groups is 2. The zero-order chi connectivity index (χ0) is 10.6. The predicted molar refractivity (Wildman–Crippen MR) is 62.1 cm³/mol. The summed E-state index contributed by atoms with van der Waals surface area (Å²) in [7, 11) is 0. The lowest BCUT2D eigenvalue weighted by Gasteiger charge is -2.09. The summed E-state index contributed by atoms with van der Waals surface area (Å²) in [6, 6.07) is 0.335. The van der Waals surface area contributed by atoms with Crippen molar-refractivity contribution in [2.45, 2.75) is 30.2 Å². The lowest BCUT2D eigenvalue weighted by molar-refractivity contribution is 0.779. The standard InChI is InChI=1S/C8H14N4S2/c1-5(2)9-6-10-7(13-3)12-8(11-6)14-4/h5H,1-4H3,(H,9,10,11,12). The third-order valence-corrected chi connectivity index (χ3v) is 2.47. The average molecular weight is 230 g/mol. The maximum absolute atomic E-state index is 4.26. The van der Waals surface area contributed by atoms with Gasteiger partial charge < -0.3 is 5.32 Å². The maximum Gasteiger partial charge on any atom is 0.227 e. The highest BCUT2D eigenvalue weighted by Crippen LogP contribution is 2.16. The highest BCUT2D eigenvalue weighted by Gasteiger charge is 2.05. The molecule has 0 radical (unpaired) electrons. The van der Waals surface area contributed by atoms with E-state index < -0.39 is 0 Å². The van der Waals surface area contributed by atoms with Crippen LogP contribution in [0.15, 0.2) is 10.3 Å². The van der Waals surface area contributed by atoms with E-state index in [1.54, 1.807) is 0 Å². The first kappa shape index (κ1) is 11.6. The third kappa shape index (κ3) is 3.34. The molecule has 1 aromatic heterocycles. The van der Waals surface area contributed by atoms with Crippen molar-refractivity contribution in [2.75, 3.05) is 17.8 Å². The van der Waals surface area contributed by atoms with Crippen LogP contribution in [0.4, 0.5) is 5.95 Å². The second-order valence-corrected chi connectivity index (χ2v) is 4.48. The summed E-state index contributed by atoms with van der Waals surface area (Å²) in [6.07, 6.45) is 3.91. The maximum atomic E-state index is 4.26. The van der Waals surface area contributed by atoms with Crippen molar-refractivity contribution >= 4 is 29.5 Å². The number of nitrogens with zero attached hydrogens (tertiary/aromatic N) is 3. The molecule has 78 valence electrons. The summed E-state index contributed by atoms with van der Waals surface area (Å²) in [5, 5.41) is 4.68. The summed E-state index contributed by atoms with van der Waals surface area (Å²) in [6.45, 7) is 4.11. The zero-order valence-electron chi connectivity index (χ0n) is 8.74. The van der Waals surface area contributed by atoms with Crippen LogP contribution in [-0.4, -0.2) is 33.5 Å². The van der Waals surface area contributed by atoms with Crippen molar-refractivity contribution in [3.63, 3.8) is 0 Å². The number of hydrogen-bond acceptors (Lipinski definition) is 6. The van der Waals surface area contributed by atoms with Gasteiger partial charge in [0.15, 0.2) is 10.3 Å². The predicted octanol–water partition coefficient (Wildman–Crippen LogP) is 2.14. The molecule has 0 aliphatic rings. The van der Waals surface area contributed by atoms with Crippen LogP contribution in [0.3, 0.4) is 0 Å². The second kappa shape index (κ2) is 5.41. The largest absolute Gasteiger partial charge is 0.352 e. The van der Waals surface area contributed by atoms with Crippen molar-refractivity contribution in [1.29, 1.82) is 0 Å². The average Bonchev–Trinajstić information content (AvgIpc) is 2.16. The minimum atomic E-state index is 0.335. The molecule has 6 heteroatoms. The van der Waals surface area contributed by atoms with Gasteiger partial charge in [0.1, 0.15) is 0 Å². The van der Waals surface area contributed by atoms with Crippen molar-refractivity contribution in [1.82, 2.24) is 15.0 Å². The Balaban J connectivity index is 2.92. The van der Waals surface area contributed by atoms with E-state index in [0.717, 1.165) is 10.3 Å². The van der Waals surface area contributed by atoms with E-state index in [0.29, 0.717) is 12.0 Å². The van der Waals surface area contributed by atoms with E-state index in [4.69, 9.17) is 0 Å². The van der Waals surface area contributed by atoms with Crippen LogP contribution < -0.4 is 5.32 Å². The van der Waals surface area contributed by atoms with Crippen molar-refractivity contribution in [3.8, 4) is 0 Å². The van der Waals surface area contributed by atoms with Gasteiger partial charge in [0.2, 0.25) is 5.95 Å². The molecule has 0 fully saturated rings. The molecule has 0 aliphatic heterocycles. The molecule has 0 saturated heterocycles. The first-order valence-electron chi connectivity index (χ1n) is 4.26. The number of rotatable bonds is 4. The molecule has 0 aromatic carbocycles. The lowest BCUT2D eigenvalue weighted by atomic mass is 10.4. The van der Waals surface area contributed by atoms with E-state index in [9.17, 15) is 0 Å². The number of hydrogen-bond donors (Lipinski definition) is 1. The molecule has 0 bridgehead atoms. The van der Waals surface area contributed by atoms with E-state index in [-0.39, 0.29) is 0 Å². The van der Waals surface area contributed by atoms with Crippen LogP contribution in [-0.2, 0) is 0 Å². The van der Waals surface area contributed by atoms with Gasteiger partial charge in [0, 0.05) is 6.04 Å². The van der Waals surface area contributed by atoms with Gasteiger partial charge in [0.05, 0.1) is 0 Å². The van der Waals surface area contributed by atoms with Crippen LogP contribution in [0.2, 0.25) is 0 Å². The fraction of sp³-hybridized carbons (Fsp3) is 0.625. The lowest BCUT2D eigenvalue weighted by Crippen LogP contribution is -2.13. The molecule has 1 rings (SSSR count). The van der Waals surface area contributed by atoms with Gasteiger partial charge in [-0.15, -0.1) is 0 Å². The smallest absolute Gasteiger partial charge is 0.227 e. The Hall–Kier alpha value is -0.490. The summed E-state index contributed by atoms with van der Waals surface area (Å²) >= 11 is 3.05. The van der Waals surface area contributed by atoms with Gasteiger partial charge in [-0.1, -0.05) is 23.5 Å². The zero-order valence-corrected chi connectivity index (χ0v) is 10.4. The fourth-order valence-corrected chi connectivity index (χ4v) is 1.61. The van der Waals surface area contributed by atoms with E-state index in [1.807, 2.05) is 12.5 Å². The van der Waals surface area contributed by atoms with Crippen LogP contribution in [0.1, 0.15) is 13.8 Å². The van der Waals surface area contributed by atoms with Crippen LogP contribution in [0.25, 0.3) is 0 Å². The first-order valence-corrected chi connectivity index (χ1v) is 6.71. The molecule has 0 unspecified atom stereocenters. The molecule has 1 heterocycles. The molecule has 14 heavy (non-hydrogen) atoms. The summed E-state index contributed by atoms with van der Waals surface area (Å²) in [5.74, 6) is 0.656. The Kier molecular flexibility index (Phi) is 4.47. The Morgan fingerprint density at radius 1 is 1.00 bits per heavy atom. The van der Waals surface area contributed by atoms with Gasteiger partial charge in [-0.3, -0.25) is 0 Å². The highest BCUT2D eigenvalue weighted by atomic mass is 32.2. The molecule has 0 saturated carbocycles. The van der Waals surface area contributed by atoms with Crippen molar-refractivity contribution in [3.05, 3.63) is 0 Å². The monoisotopic (exact) mass is 230 g/mol. The molecular formula is C8H14N4S2. The van der Waals surface area contributed by atoms with Gasteiger partial charge >= 0.3 is 0 Å². The normalized spacial score (nSPS) is 10.6. The van der Waals surface area contributed by atoms with E-state index in [1.165, 1.54) is 23.5 Å². The minimum absolute atomic E-state index is 0.335. The van der Waals surface area contributed by atoms with Crippen LogP contribution in [0, 0.1) is 0 Å². The first-order chi connectivity index (χ1) is 6.65. The van der Waals surface area contributed by atoms with Crippen LogP contribution >= 0.6 is 23.5 Å². The molecule has 0 amide bonds. The van der Waals surface area contributed by atoms with Crippen molar-refractivity contribution < 1.29 is 0 Å². The second-order valence-electron chi connectivity index (χ2n) is 2.93. The van der Waals surface area contributed by atoms with E-state index in [2.05, 4.69) is 34.1 Å². The van der Waals surface area contributed by atoms with Gasteiger partial charge in [-0.25, -0.2) is 0 Å². The minimum Gasteiger partial charge on any atom is -0.352 e. The molecule has 1 aromatic rings. The molecule has 1 N–H and O–H groups in total. The molecule has 0 spiro atoms. The SMILES string of the molecule is CSc1nc(NC(C)C)nc(SC)n1. The highest BCUT2D eigenvalue weighted by molar-refractivity contribution is 7.99. The number of aromatic nitrogens is 3. The molecule has 0 aliphatic carbocycles. The van der Waals surface area contributed by atoms with E-state index >= 15 is 0 Å². The Morgan fingerprint density at radius 3 is 1.86 bits per heavy atom.